The molecule has 0 aliphatic rings. The molecule has 0 spiro atoms. The van der Waals surface area contributed by atoms with E-state index in [1.807, 2.05) is 0 Å². The third-order valence-corrected chi connectivity index (χ3v) is 2.89. The Balaban J connectivity index is 3.10. The summed E-state index contributed by atoms with van der Waals surface area (Å²) in [5, 5.41) is 10.3. The summed E-state index contributed by atoms with van der Waals surface area (Å²) in [6.07, 6.45) is 1.82. The molecule has 0 heterocycles. The minimum Gasteiger partial charge on any atom is -0.507 e. The molecule has 0 atom stereocenters. The highest BCUT2D eigenvalue weighted by molar-refractivity contribution is 5.44. The molecule has 0 bridgehead atoms. The molecular formula is C16H26O2. The summed E-state index contributed by atoms with van der Waals surface area (Å²) in [7, 11) is 1.71. The van der Waals surface area contributed by atoms with Gasteiger partial charge in [-0.2, -0.15) is 0 Å². The molecule has 2 heteroatoms. The maximum atomic E-state index is 10.3. The molecule has 0 fully saturated rings. The number of ether oxygens (including phenoxy) is 1. The Labute approximate surface area is 111 Å². The van der Waals surface area contributed by atoms with Gasteiger partial charge in [0, 0.05) is 7.11 Å². The summed E-state index contributed by atoms with van der Waals surface area (Å²) in [6.45, 7) is 9.29. The van der Waals surface area contributed by atoms with E-state index < -0.39 is 0 Å². The molecule has 0 aliphatic heterocycles. The van der Waals surface area contributed by atoms with Gasteiger partial charge in [-0.1, -0.05) is 27.7 Å². The van der Waals surface area contributed by atoms with Crippen LogP contribution in [0.4, 0.5) is 0 Å². The van der Waals surface area contributed by atoms with Crippen molar-refractivity contribution in [2.24, 2.45) is 11.8 Å². The van der Waals surface area contributed by atoms with E-state index in [2.05, 4.69) is 39.8 Å². The fraction of sp³-hybridized carbons (Fsp3) is 0.625. The van der Waals surface area contributed by atoms with Crippen LogP contribution in [-0.2, 0) is 24.2 Å². The number of hydrogen-bond acceptors (Lipinski definition) is 2. The van der Waals surface area contributed by atoms with Gasteiger partial charge in [-0.3, -0.25) is 0 Å². The Kier molecular flexibility index (Phi) is 5.67. The molecule has 0 unspecified atom stereocenters. The lowest BCUT2D eigenvalue weighted by atomic mass is 9.93. The third-order valence-electron chi connectivity index (χ3n) is 2.89. The van der Waals surface area contributed by atoms with Crippen molar-refractivity contribution < 1.29 is 9.84 Å². The van der Waals surface area contributed by atoms with Crippen molar-refractivity contribution in [1.29, 1.82) is 0 Å². The molecule has 0 radical (unpaired) electrons. The van der Waals surface area contributed by atoms with E-state index >= 15 is 0 Å². The Hall–Kier alpha value is -1.02. The Morgan fingerprint density at radius 3 is 1.78 bits per heavy atom. The lowest BCUT2D eigenvalue weighted by molar-refractivity contribution is 0.184. The average Bonchev–Trinajstić information content (AvgIpc) is 2.23. The van der Waals surface area contributed by atoms with Crippen LogP contribution in [0, 0.1) is 11.8 Å². The van der Waals surface area contributed by atoms with Crippen LogP contribution < -0.4 is 0 Å². The lowest BCUT2D eigenvalue weighted by Gasteiger charge is -2.15. The van der Waals surface area contributed by atoms with E-state index in [0.717, 1.165) is 29.5 Å². The van der Waals surface area contributed by atoms with Crippen molar-refractivity contribution in [3.63, 3.8) is 0 Å². The second-order valence-corrected chi connectivity index (χ2v) is 5.89. The molecule has 0 saturated carbocycles. The summed E-state index contributed by atoms with van der Waals surface area (Å²) in [4.78, 5) is 0. The quantitative estimate of drug-likeness (QED) is 0.828. The van der Waals surface area contributed by atoms with E-state index in [1.54, 1.807) is 7.11 Å². The Morgan fingerprint density at radius 1 is 1.00 bits per heavy atom. The van der Waals surface area contributed by atoms with Gasteiger partial charge in [-0.05, 0) is 53.5 Å². The summed E-state index contributed by atoms with van der Waals surface area (Å²) in [5.74, 6) is 1.57. The van der Waals surface area contributed by atoms with Gasteiger partial charge in [0.1, 0.15) is 5.75 Å². The Morgan fingerprint density at radius 2 is 1.44 bits per heavy atom. The molecule has 1 aromatic rings. The van der Waals surface area contributed by atoms with Crippen LogP contribution >= 0.6 is 0 Å². The number of methoxy groups -OCH3 is 1. The van der Waals surface area contributed by atoms with Gasteiger partial charge in [0.25, 0.3) is 0 Å². The molecule has 1 N–H and O–H groups in total. The van der Waals surface area contributed by atoms with Crippen molar-refractivity contribution in [2.75, 3.05) is 7.11 Å². The Bertz CT molecular complexity index is 350. The zero-order valence-corrected chi connectivity index (χ0v) is 12.3. The smallest absolute Gasteiger partial charge is 0.121 e. The minimum atomic E-state index is 0.484. The number of phenols is 1. The normalized spacial score (nSPS) is 11.5. The van der Waals surface area contributed by atoms with E-state index in [-0.39, 0.29) is 0 Å². The maximum absolute atomic E-state index is 10.3. The van der Waals surface area contributed by atoms with E-state index in [0.29, 0.717) is 24.2 Å². The molecular weight excluding hydrogens is 224 g/mol. The largest absolute Gasteiger partial charge is 0.507 e. The van der Waals surface area contributed by atoms with Gasteiger partial charge in [0.2, 0.25) is 0 Å². The van der Waals surface area contributed by atoms with Gasteiger partial charge >= 0.3 is 0 Å². The van der Waals surface area contributed by atoms with Crippen molar-refractivity contribution in [2.45, 2.75) is 47.1 Å². The average molecular weight is 250 g/mol. The van der Waals surface area contributed by atoms with Crippen LogP contribution in [0.15, 0.2) is 12.1 Å². The van der Waals surface area contributed by atoms with Gasteiger partial charge in [0.15, 0.2) is 0 Å². The van der Waals surface area contributed by atoms with E-state index in [4.69, 9.17) is 4.74 Å². The highest BCUT2D eigenvalue weighted by Crippen LogP contribution is 2.29. The first-order valence-electron chi connectivity index (χ1n) is 6.76. The van der Waals surface area contributed by atoms with Crippen LogP contribution in [0.5, 0.6) is 5.75 Å². The fourth-order valence-electron chi connectivity index (χ4n) is 2.27. The van der Waals surface area contributed by atoms with Gasteiger partial charge in [0.05, 0.1) is 6.61 Å². The van der Waals surface area contributed by atoms with Crippen LogP contribution in [0.2, 0.25) is 0 Å². The van der Waals surface area contributed by atoms with Crippen LogP contribution in [0.1, 0.15) is 44.4 Å². The third kappa shape index (κ3) is 4.34. The molecule has 102 valence electrons. The second-order valence-electron chi connectivity index (χ2n) is 5.89. The van der Waals surface area contributed by atoms with E-state index in [1.165, 1.54) is 0 Å². The first kappa shape index (κ1) is 15.0. The van der Waals surface area contributed by atoms with Gasteiger partial charge in [-0.15, -0.1) is 0 Å². The summed E-state index contributed by atoms with van der Waals surface area (Å²) >= 11 is 0. The highest BCUT2D eigenvalue weighted by atomic mass is 16.5. The molecule has 1 aromatic carbocycles. The predicted molar refractivity (Wildman–Crippen MR) is 75.9 cm³/mol. The van der Waals surface area contributed by atoms with Crippen LogP contribution in [0.25, 0.3) is 0 Å². The molecule has 1 rings (SSSR count). The van der Waals surface area contributed by atoms with Crippen molar-refractivity contribution >= 4 is 0 Å². The van der Waals surface area contributed by atoms with Gasteiger partial charge < -0.3 is 9.84 Å². The number of aromatic hydroxyl groups is 1. The number of rotatable bonds is 6. The van der Waals surface area contributed by atoms with E-state index in [9.17, 15) is 5.11 Å². The fourth-order valence-corrected chi connectivity index (χ4v) is 2.27. The predicted octanol–water partition coefficient (Wildman–Crippen LogP) is 3.94. The molecule has 0 amide bonds. The lowest BCUT2D eigenvalue weighted by Crippen LogP contribution is -2.02. The summed E-state index contributed by atoms with van der Waals surface area (Å²) in [5.41, 5.74) is 3.26. The molecule has 0 saturated heterocycles. The molecule has 0 aliphatic carbocycles. The molecule has 0 aromatic heterocycles. The summed E-state index contributed by atoms with van der Waals surface area (Å²) < 4.78 is 5.21. The standard InChI is InChI=1S/C16H26O2/c1-11(2)6-14-8-13(10-18-5)9-15(16(14)17)7-12(3)4/h8-9,11-12,17H,6-7,10H2,1-5H3. The SMILES string of the molecule is COCc1cc(CC(C)C)c(O)c(CC(C)C)c1. The first-order chi connectivity index (χ1) is 8.43. The number of phenolic OH excluding ortho intramolecular Hbond substituents is 1. The topological polar surface area (TPSA) is 29.5 Å². The molecule has 18 heavy (non-hydrogen) atoms. The first-order valence-corrected chi connectivity index (χ1v) is 6.76. The zero-order chi connectivity index (χ0) is 13.7. The molecule has 2 nitrogen and oxygen atoms in total. The number of benzene rings is 1. The monoisotopic (exact) mass is 250 g/mol. The second kappa shape index (κ2) is 6.79. The van der Waals surface area contributed by atoms with Crippen molar-refractivity contribution in [1.82, 2.24) is 0 Å². The van der Waals surface area contributed by atoms with Crippen LogP contribution in [0.3, 0.4) is 0 Å². The number of hydrogen-bond donors (Lipinski definition) is 1. The highest BCUT2D eigenvalue weighted by Gasteiger charge is 2.12. The van der Waals surface area contributed by atoms with Crippen LogP contribution in [-0.4, -0.2) is 12.2 Å². The van der Waals surface area contributed by atoms with Gasteiger partial charge in [-0.25, -0.2) is 0 Å². The van der Waals surface area contributed by atoms with Crippen molar-refractivity contribution in [3.8, 4) is 5.75 Å². The summed E-state index contributed by atoms with van der Waals surface area (Å²) in [6, 6.07) is 4.14. The zero-order valence-electron chi connectivity index (χ0n) is 12.3. The van der Waals surface area contributed by atoms with Crippen molar-refractivity contribution in [3.05, 3.63) is 28.8 Å². The maximum Gasteiger partial charge on any atom is 0.121 e. The minimum absolute atomic E-state index is 0.484.